The Morgan fingerprint density at radius 2 is 2.12 bits per heavy atom. The standard InChI is InChI=1S/C13H23ClO2/c1-5-11(14)12(15)16-10-6-9(2)7-13(3,4)8-10/h9-11H,5-8H2,1-4H3/t9-,10+,11?/m1/s1. The molecule has 0 heterocycles. The molecule has 1 unspecified atom stereocenters. The van der Waals surface area contributed by atoms with E-state index in [0.29, 0.717) is 12.3 Å². The molecule has 94 valence electrons. The summed E-state index contributed by atoms with van der Waals surface area (Å²) in [6, 6.07) is 0. The molecule has 0 aromatic carbocycles. The normalized spacial score (nSPS) is 30.8. The summed E-state index contributed by atoms with van der Waals surface area (Å²) in [5.41, 5.74) is 0.274. The number of hydrogen-bond acceptors (Lipinski definition) is 2. The number of rotatable bonds is 3. The van der Waals surface area contributed by atoms with E-state index in [0.717, 1.165) is 12.8 Å². The number of hydrogen-bond donors (Lipinski definition) is 0. The summed E-state index contributed by atoms with van der Waals surface area (Å²) in [6.45, 7) is 8.59. The lowest BCUT2D eigenvalue weighted by Crippen LogP contribution is -2.35. The van der Waals surface area contributed by atoms with E-state index in [1.165, 1.54) is 6.42 Å². The fraction of sp³-hybridized carbons (Fsp3) is 0.923. The number of carbonyl (C=O) groups is 1. The van der Waals surface area contributed by atoms with Gasteiger partial charge in [0.2, 0.25) is 0 Å². The number of alkyl halides is 1. The lowest BCUT2D eigenvalue weighted by Gasteiger charge is -2.38. The Kier molecular flexibility index (Phi) is 4.66. The highest BCUT2D eigenvalue weighted by Crippen LogP contribution is 2.39. The topological polar surface area (TPSA) is 26.3 Å². The zero-order valence-electron chi connectivity index (χ0n) is 10.8. The molecule has 2 nitrogen and oxygen atoms in total. The summed E-state index contributed by atoms with van der Waals surface area (Å²) in [4.78, 5) is 11.6. The van der Waals surface area contributed by atoms with E-state index < -0.39 is 5.38 Å². The van der Waals surface area contributed by atoms with Gasteiger partial charge in [0.1, 0.15) is 11.5 Å². The molecule has 1 rings (SSSR count). The first kappa shape index (κ1) is 13.8. The monoisotopic (exact) mass is 246 g/mol. The second-order valence-electron chi connectivity index (χ2n) is 5.85. The van der Waals surface area contributed by atoms with Crippen LogP contribution >= 0.6 is 11.6 Å². The molecule has 3 heteroatoms. The van der Waals surface area contributed by atoms with Crippen molar-refractivity contribution in [1.82, 2.24) is 0 Å². The molecule has 1 aliphatic rings. The zero-order chi connectivity index (χ0) is 12.3. The summed E-state index contributed by atoms with van der Waals surface area (Å²) < 4.78 is 5.48. The van der Waals surface area contributed by atoms with Gasteiger partial charge in [0, 0.05) is 0 Å². The second-order valence-corrected chi connectivity index (χ2v) is 6.37. The summed E-state index contributed by atoms with van der Waals surface area (Å²) in [6.07, 6.45) is 3.82. The van der Waals surface area contributed by atoms with Gasteiger partial charge in [-0.25, -0.2) is 0 Å². The van der Waals surface area contributed by atoms with Crippen molar-refractivity contribution in [2.45, 2.75) is 64.9 Å². The average molecular weight is 247 g/mol. The van der Waals surface area contributed by atoms with Crippen LogP contribution in [0.3, 0.4) is 0 Å². The smallest absolute Gasteiger partial charge is 0.324 e. The SMILES string of the molecule is CCC(Cl)C(=O)O[C@H]1C[C@@H](C)CC(C)(C)C1. The van der Waals surface area contributed by atoms with Gasteiger partial charge in [-0.2, -0.15) is 0 Å². The van der Waals surface area contributed by atoms with Crippen LogP contribution in [0.1, 0.15) is 53.4 Å². The third-order valence-electron chi connectivity index (χ3n) is 3.24. The maximum Gasteiger partial charge on any atom is 0.324 e. The molecule has 0 aromatic rings. The highest BCUT2D eigenvalue weighted by molar-refractivity contribution is 6.29. The van der Waals surface area contributed by atoms with E-state index in [1.54, 1.807) is 0 Å². The molecule has 16 heavy (non-hydrogen) atoms. The van der Waals surface area contributed by atoms with Crippen molar-refractivity contribution in [1.29, 1.82) is 0 Å². The van der Waals surface area contributed by atoms with E-state index >= 15 is 0 Å². The third kappa shape index (κ3) is 3.97. The van der Waals surface area contributed by atoms with Crippen LogP contribution in [0, 0.1) is 11.3 Å². The van der Waals surface area contributed by atoms with Gasteiger partial charge in [0.25, 0.3) is 0 Å². The van der Waals surface area contributed by atoms with E-state index in [4.69, 9.17) is 16.3 Å². The Bertz CT molecular complexity index is 250. The van der Waals surface area contributed by atoms with Crippen molar-refractivity contribution in [3.05, 3.63) is 0 Å². The summed E-state index contributed by atoms with van der Waals surface area (Å²) >= 11 is 5.87. The number of esters is 1. The van der Waals surface area contributed by atoms with Crippen molar-refractivity contribution in [3.8, 4) is 0 Å². The maximum absolute atomic E-state index is 11.6. The van der Waals surface area contributed by atoms with Gasteiger partial charge >= 0.3 is 5.97 Å². The molecule has 0 spiro atoms. The third-order valence-corrected chi connectivity index (χ3v) is 3.73. The minimum atomic E-state index is -0.486. The van der Waals surface area contributed by atoms with Crippen LogP contribution in [0.15, 0.2) is 0 Å². The van der Waals surface area contributed by atoms with Crippen LogP contribution in [0.2, 0.25) is 0 Å². The first-order chi connectivity index (χ1) is 7.34. The number of ether oxygens (including phenoxy) is 1. The summed E-state index contributed by atoms with van der Waals surface area (Å²) in [5, 5.41) is -0.486. The lowest BCUT2D eigenvalue weighted by atomic mass is 9.71. The van der Waals surface area contributed by atoms with Gasteiger partial charge in [0.15, 0.2) is 0 Å². The second kappa shape index (κ2) is 5.39. The lowest BCUT2D eigenvalue weighted by molar-refractivity contribution is -0.153. The number of carbonyl (C=O) groups excluding carboxylic acids is 1. The van der Waals surface area contributed by atoms with Crippen molar-refractivity contribution in [3.63, 3.8) is 0 Å². The Morgan fingerprint density at radius 3 is 2.62 bits per heavy atom. The van der Waals surface area contributed by atoms with Crippen LogP contribution in [0.4, 0.5) is 0 Å². The highest BCUT2D eigenvalue weighted by atomic mass is 35.5. The quantitative estimate of drug-likeness (QED) is 0.560. The predicted octanol–water partition coefficient (Wildman–Crippen LogP) is 3.76. The van der Waals surface area contributed by atoms with Gasteiger partial charge in [-0.3, -0.25) is 4.79 Å². The fourth-order valence-electron chi connectivity index (χ4n) is 2.75. The molecule has 0 aliphatic heterocycles. The highest BCUT2D eigenvalue weighted by Gasteiger charge is 2.34. The van der Waals surface area contributed by atoms with Gasteiger partial charge in [-0.1, -0.05) is 27.7 Å². The molecule has 0 aromatic heterocycles. The van der Waals surface area contributed by atoms with Crippen molar-refractivity contribution >= 4 is 17.6 Å². The van der Waals surface area contributed by atoms with Crippen LogP contribution in [-0.4, -0.2) is 17.5 Å². The first-order valence-electron chi connectivity index (χ1n) is 6.18. The van der Waals surface area contributed by atoms with Crippen LogP contribution in [-0.2, 0) is 9.53 Å². The van der Waals surface area contributed by atoms with Gasteiger partial charge in [0.05, 0.1) is 0 Å². The Balaban J connectivity index is 2.51. The van der Waals surface area contributed by atoms with Crippen molar-refractivity contribution < 1.29 is 9.53 Å². The van der Waals surface area contributed by atoms with Gasteiger partial charge in [-0.15, -0.1) is 11.6 Å². The molecule has 0 N–H and O–H groups in total. The molecule has 0 saturated heterocycles. The average Bonchev–Trinajstić information content (AvgIpc) is 2.12. The Morgan fingerprint density at radius 1 is 1.50 bits per heavy atom. The van der Waals surface area contributed by atoms with Gasteiger partial charge in [-0.05, 0) is 37.0 Å². The number of halogens is 1. The fourth-order valence-corrected chi connectivity index (χ4v) is 2.80. The van der Waals surface area contributed by atoms with Crippen molar-refractivity contribution in [2.24, 2.45) is 11.3 Å². The first-order valence-corrected chi connectivity index (χ1v) is 6.62. The molecular formula is C13H23ClO2. The van der Waals surface area contributed by atoms with Crippen LogP contribution in [0.5, 0.6) is 0 Å². The van der Waals surface area contributed by atoms with Crippen LogP contribution < -0.4 is 0 Å². The Labute approximate surface area is 104 Å². The maximum atomic E-state index is 11.6. The van der Waals surface area contributed by atoms with E-state index in [9.17, 15) is 4.79 Å². The summed E-state index contributed by atoms with van der Waals surface area (Å²) in [7, 11) is 0. The molecule has 0 amide bonds. The Hall–Kier alpha value is -0.240. The molecule has 3 atom stereocenters. The molecule has 1 saturated carbocycles. The van der Waals surface area contributed by atoms with Crippen molar-refractivity contribution in [2.75, 3.05) is 0 Å². The van der Waals surface area contributed by atoms with E-state index in [-0.39, 0.29) is 17.5 Å². The molecule has 1 fully saturated rings. The molecule has 0 bridgehead atoms. The van der Waals surface area contributed by atoms with Crippen LogP contribution in [0.25, 0.3) is 0 Å². The minimum absolute atomic E-state index is 0.0547. The van der Waals surface area contributed by atoms with Gasteiger partial charge < -0.3 is 4.74 Å². The van der Waals surface area contributed by atoms with E-state index in [1.807, 2.05) is 6.92 Å². The summed E-state index contributed by atoms with van der Waals surface area (Å²) in [5.74, 6) is 0.371. The largest absolute Gasteiger partial charge is 0.461 e. The molecular weight excluding hydrogens is 224 g/mol. The zero-order valence-corrected chi connectivity index (χ0v) is 11.5. The predicted molar refractivity (Wildman–Crippen MR) is 66.6 cm³/mol. The molecule has 0 radical (unpaired) electrons. The van der Waals surface area contributed by atoms with E-state index in [2.05, 4.69) is 20.8 Å². The molecule has 1 aliphatic carbocycles. The minimum Gasteiger partial charge on any atom is -0.461 e.